The van der Waals surface area contributed by atoms with Crippen LogP contribution in [0.3, 0.4) is 0 Å². The predicted molar refractivity (Wildman–Crippen MR) is 100 cm³/mol. The molecule has 1 aliphatic heterocycles. The van der Waals surface area contributed by atoms with Gasteiger partial charge in [0.1, 0.15) is 5.78 Å². The molecule has 0 spiro atoms. The SMILES string of the molecule is CC(C)(C)OC1CCC(C(=O)N2CCCC(C(=O)C(C)(C)C)C2)CC1. The smallest absolute Gasteiger partial charge is 0.225 e. The van der Waals surface area contributed by atoms with Crippen molar-refractivity contribution in [3.8, 4) is 0 Å². The van der Waals surface area contributed by atoms with Crippen molar-refractivity contribution in [1.29, 1.82) is 0 Å². The summed E-state index contributed by atoms with van der Waals surface area (Å²) in [5, 5.41) is 0. The monoisotopic (exact) mass is 351 g/mol. The number of Topliss-reactive ketones (excluding diaryl/α,β-unsaturated/α-hetero) is 1. The van der Waals surface area contributed by atoms with Gasteiger partial charge >= 0.3 is 0 Å². The van der Waals surface area contributed by atoms with Crippen LogP contribution in [0.4, 0.5) is 0 Å². The molecule has 144 valence electrons. The lowest BCUT2D eigenvalue weighted by Crippen LogP contribution is -2.47. The highest BCUT2D eigenvalue weighted by atomic mass is 16.5. The number of nitrogens with zero attached hydrogens (tertiary/aromatic N) is 1. The zero-order valence-electron chi connectivity index (χ0n) is 17.1. The van der Waals surface area contributed by atoms with Gasteiger partial charge in [0.15, 0.2) is 0 Å². The van der Waals surface area contributed by atoms with Crippen LogP contribution in [0, 0.1) is 17.3 Å². The maximum Gasteiger partial charge on any atom is 0.225 e. The van der Waals surface area contributed by atoms with E-state index in [0.717, 1.165) is 45.1 Å². The minimum absolute atomic E-state index is 0.0123. The van der Waals surface area contributed by atoms with Gasteiger partial charge < -0.3 is 9.64 Å². The van der Waals surface area contributed by atoms with E-state index in [4.69, 9.17) is 4.74 Å². The molecule has 1 saturated heterocycles. The summed E-state index contributed by atoms with van der Waals surface area (Å²) in [6.07, 6.45) is 5.90. The number of rotatable bonds is 3. The maximum absolute atomic E-state index is 12.9. The number of amides is 1. The lowest BCUT2D eigenvalue weighted by molar-refractivity contribution is -0.143. The summed E-state index contributed by atoms with van der Waals surface area (Å²) in [5.74, 6) is 0.689. The number of hydrogen-bond donors (Lipinski definition) is 0. The maximum atomic E-state index is 12.9. The van der Waals surface area contributed by atoms with Crippen molar-refractivity contribution < 1.29 is 14.3 Å². The van der Waals surface area contributed by atoms with Crippen molar-refractivity contribution in [2.45, 2.75) is 91.8 Å². The third kappa shape index (κ3) is 5.80. The Balaban J connectivity index is 1.88. The van der Waals surface area contributed by atoms with Gasteiger partial charge in [0, 0.05) is 30.3 Å². The summed E-state index contributed by atoms with van der Waals surface area (Å²) in [6.45, 7) is 13.6. The van der Waals surface area contributed by atoms with Gasteiger partial charge in [-0.1, -0.05) is 20.8 Å². The van der Waals surface area contributed by atoms with Gasteiger partial charge in [-0.3, -0.25) is 9.59 Å². The van der Waals surface area contributed by atoms with E-state index in [-0.39, 0.29) is 34.9 Å². The molecule has 1 heterocycles. The Bertz CT molecular complexity index is 478. The minimum atomic E-state index is -0.320. The zero-order valence-corrected chi connectivity index (χ0v) is 17.1. The Hall–Kier alpha value is -0.900. The molecule has 1 unspecified atom stereocenters. The third-order valence-electron chi connectivity index (χ3n) is 5.39. The van der Waals surface area contributed by atoms with E-state index < -0.39 is 0 Å². The molecule has 0 aromatic heterocycles. The normalized spacial score (nSPS) is 28.7. The fourth-order valence-electron chi connectivity index (χ4n) is 4.19. The van der Waals surface area contributed by atoms with E-state index in [1.165, 1.54) is 0 Å². The van der Waals surface area contributed by atoms with Crippen molar-refractivity contribution in [2.24, 2.45) is 17.3 Å². The van der Waals surface area contributed by atoms with E-state index in [2.05, 4.69) is 20.8 Å². The van der Waals surface area contributed by atoms with Gasteiger partial charge in [-0.15, -0.1) is 0 Å². The van der Waals surface area contributed by atoms with Crippen LogP contribution >= 0.6 is 0 Å². The van der Waals surface area contributed by atoms with Crippen LogP contribution in [0.1, 0.15) is 80.1 Å². The highest BCUT2D eigenvalue weighted by molar-refractivity contribution is 5.87. The summed E-state index contributed by atoms with van der Waals surface area (Å²) in [5.41, 5.74) is -0.437. The quantitative estimate of drug-likeness (QED) is 0.765. The molecule has 1 aliphatic carbocycles. The minimum Gasteiger partial charge on any atom is -0.373 e. The molecular weight excluding hydrogens is 314 g/mol. The Morgan fingerprint density at radius 2 is 1.48 bits per heavy atom. The summed E-state index contributed by atoms with van der Waals surface area (Å²) >= 11 is 0. The first-order valence-electron chi connectivity index (χ1n) is 9.98. The van der Waals surface area contributed by atoms with Crippen LogP contribution in [0.25, 0.3) is 0 Å². The molecule has 4 heteroatoms. The molecule has 2 aliphatic rings. The number of likely N-dealkylation sites (tertiary alicyclic amines) is 1. The Morgan fingerprint density at radius 3 is 2.00 bits per heavy atom. The summed E-state index contributed by atoms with van der Waals surface area (Å²) in [4.78, 5) is 27.5. The number of ketones is 1. The molecular formula is C21H37NO3. The first-order chi connectivity index (χ1) is 11.5. The molecule has 0 aromatic carbocycles. The second-order valence-electron chi connectivity index (χ2n) is 9.94. The van der Waals surface area contributed by atoms with Gasteiger partial charge in [-0.05, 0) is 59.3 Å². The molecule has 25 heavy (non-hydrogen) atoms. The lowest BCUT2D eigenvalue weighted by Gasteiger charge is -2.38. The van der Waals surface area contributed by atoms with Crippen LogP contribution in [0.5, 0.6) is 0 Å². The highest BCUT2D eigenvalue weighted by Crippen LogP contribution is 2.32. The summed E-state index contributed by atoms with van der Waals surface area (Å²) < 4.78 is 6.07. The van der Waals surface area contributed by atoms with Crippen molar-refractivity contribution >= 4 is 11.7 Å². The average Bonchev–Trinajstić information content (AvgIpc) is 2.52. The van der Waals surface area contributed by atoms with Crippen molar-refractivity contribution in [2.75, 3.05) is 13.1 Å². The van der Waals surface area contributed by atoms with Crippen molar-refractivity contribution in [3.63, 3.8) is 0 Å². The molecule has 0 aromatic rings. The fourth-order valence-corrected chi connectivity index (χ4v) is 4.19. The molecule has 1 amide bonds. The number of carbonyl (C=O) groups is 2. The van der Waals surface area contributed by atoms with Gasteiger partial charge in [0.2, 0.25) is 5.91 Å². The molecule has 1 saturated carbocycles. The first-order valence-corrected chi connectivity index (χ1v) is 9.98. The average molecular weight is 352 g/mol. The van der Waals surface area contributed by atoms with Gasteiger partial charge in [-0.25, -0.2) is 0 Å². The largest absolute Gasteiger partial charge is 0.373 e. The molecule has 4 nitrogen and oxygen atoms in total. The number of ether oxygens (including phenoxy) is 1. The Labute approximate surface area is 153 Å². The standard InChI is InChI=1S/C21H37NO3/c1-20(2,3)18(23)16-8-7-13-22(14-16)19(24)15-9-11-17(12-10-15)25-21(4,5)6/h15-17H,7-14H2,1-6H3. The van der Waals surface area contributed by atoms with E-state index in [0.29, 0.717) is 12.3 Å². The number of carbonyl (C=O) groups excluding carboxylic acids is 2. The third-order valence-corrected chi connectivity index (χ3v) is 5.39. The molecule has 1 atom stereocenters. The van der Waals surface area contributed by atoms with Gasteiger partial charge in [-0.2, -0.15) is 0 Å². The summed E-state index contributed by atoms with van der Waals surface area (Å²) in [6, 6.07) is 0. The molecule has 2 fully saturated rings. The highest BCUT2D eigenvalue weighted by Gasteiger charge is 2.37. The molecule has 0 radical (unpaired) electrons. The van der Waals surface area contributed by atoms with Gasteiger partial charge in [0.25, 0.3) is 0 Å². The summed E-state index contributed by atoms with van der Waals surface area (Å²) in [7, 11) is 0. The van der Waals surface area contributed by atoms with Crippen LogP contribution in [-0.2, 0) is 14.3 Å². The number of piperidine rings is 1. The number of hydrogen-bond acceptors (Lipinski definition) is 3. The van der Waals surface area contributed by atoms with Crippen molar-refractivity contribution in [3.05, 3.63) is 0 Å². The Kier molecular flexibility index (Phi) is 6.35. The van der Waals surface area contributed by atoms with Crippen LogP contribution in [0.15, 0.2) is 0 Å². The molecule has 0 N–H and O–H groups in total. The van der Waals surface area contributed by atoms with E-state index >= 15 is 0 Å². The van der Waals surface area contributed by atoms with Gasteiger partial charge in [0.05, 0.1) is 11.7 Å². The molecule has 2 rings (SSSR count). The van der Waals surface area contributed by atoms with Crippen LogP contribution in [-0.4, -0.2) is 41.4 Å². The van der Waals surface area contributed by atoms with Crippen LogP contribution < -0.4 is 0 Å². The second-order valence-corrected chi connectivity index (χ2v) is 9.94. The Morgan fingerprint density at radius 1 is 0.880 bits per heavy atom. The lowest BCUT2D eigenvalue weighted by atomic mass is 9.79. The first kappa shape index (κ1) is 20.4. The van der Waals surface area contributed by atoms with Crippen LogP contribution in [0.2, 0.25) is 0 Å². The second kappa shape index (κ2) is 7.77. The van der Waals surface area contributed by atoms with E-state index in [1.807, 2.05) is 25.7 Å². The molecule has 0 bridgehead atoms. The predicted octanol–water partition coefficient (Wildman–Crippen LogP) is 4.21. The van der Waals surface area contributed by atoms with Crippen molar-refractivity contribution in [1.82, 2.24) is 4.90 Å². The van der Waals surface area contributed by atoms with E-state index in [9.17, 15) is 9.59 Å². The topological polar surface area (TPSA) is 46.6 Å². The van der Waals surface area contributed by atoms with E-state index in [1.54, 1.807) is 0 Å². The fraction of sp³-hybridized carbons (Fsp3) is 0.905. The zero-order chi connectivity index (χ0) is 18.8.